The summed E-state index contributed by atoms with van der Waals surface area (Å²) < 4.78 is 5.79. The third kappa shape index (κ3) is 3.19. The van der Waals surface area contributed by atoms with Crippen LogP contribution < -0.4 is 15.9 Å². The normalized spacial score (nSPS) is 17.4. The van der Waals surface area contributed by atoms with Gasteiger partial charge in [0.05, 0.1) is 11.6 Å². The van der Waals surface area contributed by atoms with Gasteiger partial charge in [-0.15, -0.1) is 0 Å². The van der Waals surface area contributed by atoms with E-state index in [4.69, 9.17) is 10.5 Å². The van der Waals surface area contributed by atoms with Gasteiger partial charge in [0.2, 0.25) is 5.91 Å². The van der Waals surface area contributed by atoms with Gasteiger partial charge < -0.3 is 15.9 Å². The summed E-state index contributed by atoms with van der Waals surface area (Å²) in [5.74, 6) is 1.12. The Bertz CT molecular complexity index is 711. The molecule has 0 aromatic heterocycles. The largest absolute Gasteiger partial charge is 0.457 e. The van der Waals surface area contributed by atoms with Crippen LogP contribution in [0.4, 0.5) is 0 Å². The second-order valence-corrected chi connectivity index (χ2v) is 5.27. The highest BCUT2D eigenvalue weighted by molar-refractivity contribution is 5.93. The summed E-state index contributed by atoms with van der Waals surface area (Å²) in [6.45, 7) is 2.77. The topological polar surface area (TPSA) is 67.6 Å². The van der Waals surface area contributed by atoms with E-state index in [1.54, 1.807) is 6.20 Å². The number of hydrazine groups is 1. The van der Waals surface area contributed by atoms with Crippen molar-refractivity contribution in [1.29, 1.82) is 0 Å². The monoisotopic (exact) mass is 309 g/mol. The summed E-state index contributed by atoms with van der Waals surface area (Å²) in [5.41, 5.74) is 10.1. The smallest absolute Gasteiger partial charge is 0.248 e. The molecular weight excluding hydrogens is 290 g/mol. The number of likely N-dealkylation sites (N-methyl/N-ethyl adjacent to an activating group) is 1. The number of ether oxygens (including phenoxy) is 1. The molecule has 1 unspecified atom stereocenters. The zero-order valence-electron chi connectivity index (χ0n) is 12.9. The van der Waals surface area contributed by atoms with E-state index >= 15 is 0 Å². The molecule has 1 heterocycles. The molecule has 1 amide bonds. The van der Waals surface area contributed by atoms with Crippen LogP contribution in [-0.2, 0) is 4.79 Å². The molecule has 23 heavy (non-hydrogen) atoms. The van der Waals surface area contributed by atoms with Gasteiger partial charge in [-0.1, -0.05) is 37.3 Å². The summed E-state index contributed by atoms with van der Waals surface area (Å²) in [5, 5.41) is 1.97. The number of primary amides is 1. The van der Waals surface area contributed by atoms with Gasteiger partial charge in [0, 0.05) is 12.7 Å². The minimum absolute atomic E-state index is 0.178. The first-order valence-electron chi connectivity index (χ1n) is 7.54. The molecule has 3 rings (SSSR count). The molecule has 1 aliphatic rings. The molecular formula is C18H19N3O2. The number of rotatable bonds is 5. The highest BCUT2D eigenvalue weighted by Gasteiger charge is 2.30. The molecule has 0 aliphatic carbocycles. The van der Waals surface area contributed by atoms with Crippen LogP contribution in [0, 0.1) is 0 Å². The number of nitrogens with zero attached hydrogens (tertiary/aromatic N) is 1. The minimum Gasteiger partial charge on any atom is -0.457 e. The predicted molar refractivity (Wildman–Crippen MR) is 88.5 cm³/mol. The Morgan fingerprint density at radius 3 is 2.39 bits per heavy atom. The number of para-hydroxylation sites is 1. The quantitative estimate of drug-likeness (QED) is 0.891. The standard InChI is InChI=1S/C18H19N3O2/c1-2-21-17(16(12-20-21)18(19)22)13-8-10-15(11-9-13)23-14-6-4-3-5-7-14/h3-12,17,20H,2H2,1H3,(H2,19,22). The maximum atomic E-state index is 11.6. The molecule has 118 valence electrons. The van der Waals surface area contributed by atoms with Crippen LogP contribution in [0.2, 0.25) is 0 Å². The lowest BCUT2D eigenvalue weighted by Gasteiger charge is -2.25. The lowest BCUT2D eigenvalue weighted by atomic mass is 9.99. The van der Waals surface area contributed by atoms with Crippen LogP contribution in [-0.4, -0.2) is 17.5 Å². The van der Waals surface area contributed by atoms with Gasteiger partial charge in [-0.25, -0.2) is 5.01 Å². The Balaban J connectivity index is 1.81. The van der Waals surface area contributed by atoms with Crippen LogP contribution >= 0.6 is 0 Å². The number of benzene rings is 2. The lowest BCUT2D eigenvalue weighted by Crippen LogP contribution is -2.34. The predicted octanol–water partition coefficient (Wildman–Crippen LogP) is 2.73. The van der Waals surface area contributed by atoms with Gasteiger partial charge in [0.25, 0.3) is 0 Å². The van der Waals surface area contributed by atoms with Crippen molar-refractivity contribution in [2.24, 2.45) is 5.73 Å². The van der Waals surface area contributed by atoms with Crippen LogP contribution in [0.1, 0.15) is 18.5 Å². The molecule has 0 bridgehead atoms. The molecule has 0 saturated heterocycles. The molecule has 5 nitrogen and oxygen atoms in total. The van der Waals surface area contributed by atoms with Crippen molar-refractivity contribution in [3.05, 3.63) is 71.9 Å². The first kappa shape index (κ1) is 15.1. The van der Waals surface area contributed by atoms with E-state index in [9.17, 15) is 4.79 Å². The van der Waals surface area contributed by atoms with Crippen molar-refractivity contribution in [3.63, 3.8) is 0 Å². The molecule has 0 radical (unpaired) electrons. The van der Waals surface area contributed by atoms with Crippen LogP contribution in [0.25, 0.3) is 0 Å². The summed E-state index contributed by atoms with van der Waals surface area (Å²) in [7, 11) is 0. The highest BCUT2D eigenvalue weighted by atomic mass is 16.5. The molecule has 0 fully saturated rings. The van der Waals surface area contributed by atoms with Crippen molar-refractivity contribution in [2.75, 3.05) is 6.54 Å². The van der Waals surface area contributed by atoms with Crippen molar-refractivity contribution >= 4 is 5.91 Å². The number of amides is 1. The van der Waals surface area contributed by atoms with Crippen molar-refractivity contribution in [1.82, 2.24) is 10.4 Å². The third-order valence-electron chi connectivity index (χ3n) is 3.79. The summed E-state index contributed by atoms with van der Waals surface area (Å²) >= 11 is 0. The second kappa shape index (κ2) is 6.54. The number of hydrogen-bond donors (Lipinski definition) is 2. The van der Waals surface area contributed by atoms with E-state index in [1.807, 2.05) is 66.5 Å². The molecule has 1 aliphatic heterocycles. The number of nitrogens with two attached hydrogens (primary N) is 1. The lowest BCUT2D eigenvalue weighted by molar-refractivity contribution is -0.115. The SMILES string of the molecule is CCN1NC=C(C(N)=O)C1c1ccc(Oc2ccccc2)cc1. The average Bonchev–Trinajstić information content (AvgIpc) is 3.01. The van der Waals surface area contributed by atoms with E-state index in [1.165, 1.54) is 0 Å². The van der Waals surface area contributed by atoms with Gasteiger partial charge in [-0.2, -0.15) is 0 Å². The Kier molecular flexibility index (Phi) is 4.30. The van der Waals surface area contributed by atoms with Gasteiger partial charge in [-0.3, -0.25) is 4.79 Å². The van der Waals surface area contributed by atoms with Gasteiger partial charge in [-0.05, 0) is 29.8 Å². The van der Waals surface area contributed by atoms with Gasteiger partial charge >= 0.3 is 0 Å². The molecule has 0 saturated carbocycles. The molecule has 2 aromatic carbocycles. The fourth-order valence-corrected chi connectivity index (χ4v) is 2.66. The third-order valence-corrected chi connectivity index (χ3v) is 3.79. The Hall–Kier alpha value is -2.79. The summed E-state index contributed by atoms with van der Waals surface area (Å²) in [6, 6.07) is 17.1. The molecule has 5 heteroatoms. The first-order chi connectivity index (χ1) is 11.2. The van der Waals surface area contributed by atoms with Crippen molar-refractivity contribution < 1.29 is 9.53 Å². The number of carbonyl (C=O) groups is 1. The molecule has 3 N–H and O–H groups in total. The second-order valence-electron chi connectivity index (χ2n) is 5.27. The van der Waals surface area contributed by atoms with E-state index in [-0.39, 0.29) is 6.04 Å². The molecule has 2 aromatic rings. The zero-order chi connectivity index (χ0) is 16.2. The summed E-state index contributed by atoms with van der Waals surface area (Å²) in [4.78, 5) is 11.6. The number of nitrogens with one attached hydrogen (secondary N) is 1. The Labute approximate surface area is 135 Å². The van der Waals surface area contributed by atoms with Crippen LogP contribution in [0.5, 0.6) is 11.5 Å². The number of hydrogen-bond acceptors (Lipinski definition) is 4. The first-order valence-corrected chi connectivity index (χ1v) is 7.54. The maximum Gasteiger partial charge on any atom is 0.248 e. The molecule has 0 spiro atoms. The maximum absolute atomic E-state index is 11.6. The van der Waals surface area contributed by atoms with E-state index in [2.05, 4.69) is 5.43 Å². The van der Waals surface area contributed by atoms with E-state index < -0.39 is 5.91 Å². The minimum atomic E-state index is -0.414. The van der Waals surface area contributed by atoms with Crippen molar-refractivity contribution in [2.45, 2.75) is 13.0 Å². The van der Waals surface area contributed by atoms with Crippen molar-refractivity contribution in [3.8, 4) is 11.5 Å². The fraction of sp³-hybridized carbons (Fsp3) is 0.167. The Morgan fingerprint density at radius 2 is 1.78 bits per heavy atom. The highest BCUT2D eigenvalue weighted by Crippen LogP contribution is 2.32. The molecule has 1 atom stereocenters. The zero-order valence-corrected chi connectivity index (χ0v) is 12.9. The van der Waals surface area contributed by atoms with Crippen LogP contribution in [0.3, 0.4) is 0 Å². The fourth-order valence-electron chi connectivity index (χ4n) is 2.66. The van der Waals surface area contributed by atoms with E-state index in [0.29, 0.717) is 5.57 Å². The van der Waals surface area contributed by atoms with Gasteiger partial charge in [0.1, 0.15) is 11.5 Å². The van der Waals surface area contributed by atoms with E-state index in [0.717, 1.165) is 23.6 Å². The average molecular weight is 309 g/mol. The van der Waals surface area contributed by atoms with Gasteiger partial charge in [0.15, 0.2) is 0 Å². The Morgan fingerprint density at radius 1 is 1.13 bits per heavy atom. The number of carbonyl (C=O) groups excluding carboxylic acids is 1. The summed E-state index contributed by atoms with van der Waals surface area (Å²) in [6.07, 6.45) is 1.67. The van der Waals surface area contributed by atoms with Crippen LogP contribution in [0.15, 0.2) is 66.4 Å².